The first-order chi connectivity index (χ1) is 9.92. The van der Waals surface area contributed by atoms with E-state index in [1.54, 1.807) is 0 Å². The second-order valence-corrected chi connectivity index (χ2v) is 4.39. The van der Waals surface area contributed by atoms with E-state index >= 15 is 0 Å². The molecule has 0 bridgehead atoms. The average Bonchev–Trinajstić information content (AvgIpc) is 2.48. The van der Waals surface area contributed by atoms with E-state index in [1.165, 1.54) is 33.2 Å². The molecule has 1 unspecified atom stereocenters. The number of benzene rings is 1. The molecule has 2 N–H and O–H groups in total. The number of hydrogen-bond acceptors (Lipinski definition) is 5. The van der Waals surface area contributed by atoms with Crippen LogP contribution in [0.5, 0.6) is 11.5 Å². The summed E-state index contributed by atoms with van der Waals surface area (Å²) in [5.41, 5.74) is 0.312. The average molecular weight is 315 g/mol. The van der Waals surface area contributed by atoms with Crippen molar-refractivity contribution in [3.63, 3.8) is 0 Å². The van der Waals surface area contributed by atoms with E-state index in [9.17, 15) is 14.4 Å². The van der Waals surface area contributed by atoms with E-state index in [2.05, 4.69) is 10.6 Å². The highest BCUT2D eigenvalue weighted by Gasteiger charge is 2.21. The molecule has 0 radical (unpaired) electrons. The van der Waals surface area contributed by atoms with Crippen molar-refractivity contribution in [1.82, 2.24) is 10.6 Å². The van der Waals surface area contributed by atoms with Crippen LogP contribution < -0.4 is 20.1 Å². The van der Waals surface area contributed by atoms with Crippen LogP contribution in [0.3, 0.4) is 0 Å². The Balaban J connectivity index is 2.94. The molecule has 3 amide bonds. The largest absolute Gasteiger partial charge is 0.493 e. The molecule has 7 nitrogen and oxygen atoms in total. The maximum atomic E-state index is 11.7. The van der Waals surface area contributed by atoms with E-state index in [1.807, 2.05) is 0 Å². The van der Waals surface area contributed by atoms with Crippen molar-refractivity contribution in [3.05, 3.63) is 22.7 Å². The molecular weight excluding hydrogens is 300 g/mol. The van der Waals surface area contributed by atoms with Crippen molar-refractivity contribution in [2.45, 2.75) is 13.0 Å². The lowest BCUT2D eigenvalue weighted by Crippen LogP contribution is -2.44. The lowest BCUT2D eigenvalue weighted by Gasteiger charge is -2.17. The van der Waals surface area contributed by atoms with Crippen LogP contribution in [0.1, 0.15) is 17.3 Å². The molecule has 21 heavy (non-hydrogen) atoms. The van der Waals surface area contributed by atoms with E-state index in [0.717, 1.165) is 0 Å². The Morgan fingerprint density at radius 2 is 2.05 bits per heavy atom. The van der Waals surface area contributed by atoms with Gasteiger partial charge >= 0.3 is 6.03 Å². The topological polar surface area (TPSA) is 93.7 Å². The number of ether oxygens (including phenoxy) is 2. The number of carbonyl (C=O) groups excluding carboxylic acids is 3. The summed E-state index contributed by atoms with van der Waals surface area (Å²) in [5.74, 6) is -0.319. The van der Waals surface area contributed by atoms with Gasteiger partial charge in [0.15, 0.2) is 17.6 Å². The van der Waals surface area contributed by atoms with Gasteiger partial charge in [-0.2, -0.15) is 0 Å². The van der Waals surface area contributed by atoms with Crippen LogP contribution >= 0.6 is 11.6 Å². The molecule has 0 fully saturated rings. The van der Waals surface area contributed by atoms with Gasteiger partial charge in [0.05, 0.1) is 12.1 Å². The molecule has 0 aromatic heterocycles. The predicted molar refractivity (Wildman–Crippen MR) is 76.1 cm³/mol. The fourth-order valence-electron chi connectivity index (χ4n) is 1.43. The SMILES string of the molecule is CNC(=O)NC(=O)C(C)Oc1c(Cl)cc(C=O)cc1OC. The lowest BCUT2D eigenvalue weighted by atomic mass is 10.2. The highest BCUT2D eigenvalue weighted by Crippen LogP contribution is 2.36. The number of amides is 3. The third kappa shape index (κ3) is 4.35. The normalized spacial score (nSPS) is 11.2. The molecule has 0 saturated carbocycles. The Bertz CT molecular complexity index is 562. The van der Waals surface area contributed by atoms with Gasteiger partial charge in [0, 0.05) is 12.6 Å². The molecule has 114 valence electrons. The van der Waals surface area contributed by atoms with Gasteiger partial charge in [0.2, 0.25) is 0 Å². The lowest BCUT2D eigenvalue weighted by molar-refractivity contribution is -0.126. The zero-order chi connectivity index (χ0) is 16.0. The highest BCUT2D eigenvalue weighted by molar-refractivity contribution is 6.32. The van der Waals surface area contributed by atoms with Gasteiger partial charge in [-0.15, -0.1) is 0 Å². The fourth-order valence-corrected chi connectivity index (χ4v) is 1.69. The zero-order valence-corrected chi connectivity index (χ0v) is 12.5. The van der Waals surface area contributed by atoms with E-state index in [4.69, 9.17) is 21.1 Å². The summed E-state index contributed by atoms with van der Waals surface area (Å²) < 4.78 is 10.5. The van der Waals surface area contributed by atoms with Gasteiger partial charge in [0.1, 0.15) is 6.29 Å². The van der Waals surface area contributed by atoms with Gasteiger partial charge in [-0.1, -0.05) is 11.6 Å². The van der Waals surface area contributed by atoms with Crippen LogP contribution in [0.25, 0.3) is 0 Å². The number of hydrogen-bond donors (Lipinski definition) is 2. The molecule has 0 aliphatic carbocycles. The molecule has 1 aromatic rings. The van der Waals surface area contributed by atoms with Crippen molar-refractivity contribution in [2.75, 3.05) is 14.2 Å². The van der Waals surface area contributed by atoms with E-state index in [0.29, 0.717) is 11.8 Å². The molecule has 1 aromatic carbocycles. The Kier molecular flexibility index (Phi) is 5.98. The van der Waals surface area contributed by atoms with Crippen molar-refractivity contribution in [2.24, 2.45) is 0 Å². The van der Waals surface area contributed by atoms with Gasteiger partial charge < -0.3 is 14.8 Å². The van der Waals surface area contributed by atoms with Gasteiger partial charge in [-0.25, -0.2) is 4.79 Å². The number of nitrogens with one attached hydrogen (secondary N) is 2. The monoisotopic (exact) mass is 314 g/mol. The zero-order valence-electron chi connectivity index (χ0n) is 11.7. The Hall–Kier alpha value is -2.28. The molecule has 0 heterocycles. The first-order valence-corrected chi connectivity index (χ1v) is 6.32. The number of methoxy groups -OCH3 is 1. The Morgan fingerprint density at radius 1 is 1.38 bits per heavy atom. The summed E-state index contributed by atoms with van der Waals surface area (Å²) in [7, 11) is 2.76. The summed E-state index contributed by atoms with van der Waals surface area (Å²) in [6.45, 7) is 1.45. The number of imide groups is 1. The van der Waals surface area contributed by atoms with Crippen LogP contribution in [0.4, 0.5) is 4.79 Å². The molecule has 1 atom stereocenters. The molecule has 0 aliphatic rings. The quantitative estimate of drug-likeness (QED) is 0.801. The summed E-state index contributed by atoms with van der Waals surface area (Å²) in [6.07, 6.45) is -0.379. The highest BCUT2D eigenvalue weighted by atomic mass is 35.5. The summed E-state index contributed by atoms with van der Waals surface area (Å²) >= 11 is 6.00. The van der Waals surface area contributed by atoms with E-state index < -0.39 is 18.0 Å². The number of aldehydes is 1. The summed E-state index contributed by atoms with van der Waals surface area (Å²) in [4.78, 5) is 33.5. The van der Waals surface area contributed by atoms with Crippen LogP contribution in [0.15, 0.2) is 12.1 Å². The number of carbonyl (C=O) groups is 3. The van der Waals surface area contributed by atoms with Crippen molar-refractivity contribution >= 4 is 29.8 Å². The maximum Gasteiger partial charge on any atom is 0.321 e. The second-order valence-electron chi connectivity index (χ2n) is 3.98. The van der Waals surface area contributed by atoms with Crippen LogP contribution in [0.2, 0.25) is 5.02 Å². The van der Waals surface area contributed by atoms with Gasteiger partial charge in [0.25, 0.3) is 5.91 Å². The molecule has 0 aliphatic heterocycles. The third-order valence-corrected chi connectivity index (χ3v) is 2.80. The van der Waals surface area contributed by atoms with Gasteiger partial charge in [-0.3, -0.25) is 14.9 Å². The minimum Gasteiger partial charge on any atom is -0.493 e. The van der Waals surface area contributed by atoms with Crippen LogP contribution in [0, 0.1) is 0 Å². The molecule has 8 heteroatoms. The molecule has 0 spiro atoms. The van der Waals surface area contributed by atoms with Crippen molar-refractivity contribution in [3.8, 4) is 11.5 Å². The standard InChI is InChI=1S/C13H15ClN2O5/c1-7(12(18)16-13(19)15-2)21-11-9(14)4-8(6-17)5-10(11)20-3/h4-7H,1-3H3,(H2,15,16,18,19). The minimum absolute atomic E-state index is 0.115. The van der Waals surface area contributed by atoms with Gasteiger partial charge in [-0.05, 0) is 19.1 Å². The summed E-state index contributed by atoms with van der Waals surface area (Å²) in [5, 5.41) is 4.44. The second kappa shape index (κ2) is 7.49. The van der Waals surface area contributed by atoms with Crippen LogP contribution in [-0.2, 0) is 4.79 Å². The summed E-state index contributed by atoms with van der Waals surface area (Å²) in [6, 6.07) is 2.16. The molecular formula is C13H15ClN2O5. The third-order valence-electron chi connectivity index (χ3n) is 2.52. The smallest absolute Gasteiger partial charge is 0.321 e. The predicted octanol–water partition coefficient (Wildman–Crippen LogP) is 1.38. The van der Waals surface area contributed by atoms with Crippen molar-refractivity contribution in [1.29, 1.82) is 0 Å². The fraction of sp³-hybridized carbons (Fsp3) is 0.308. The van der Waals surface area contributed by atoms with E-state index in [-0.39, 0.29) is 16.5 Å². The molecule has 1 rings (SSSR count). The first-order valence-electron chi connectivity index (χ1n) is 5.94. The Labute approximate surface area is 126 Å². The first kappa shape index (κ1) is 16.8. The number of halogens is 1. The minimum atomic E-state index is -0.990. The number of urea groups is 1. The van der Waals surface area contributed by atoms with Crippen molar-refractivity contribution < 1.29 is 23.9 Å². The Morgan fingerprint density at radius 3 is 2.57 bits per heavy atom. The maximum absolute atomic E-state index is 11.7. The number of rotatable bonds is 5. The van der Waals surface area contributed by atoms with Crippen LogP contribution in [-0.4, -0.2) is 38.5 Å². The molecule has 0 saturated heterocycles.